The lowest BCUT2D eigenvalue weighted by atomic mass is 10.0. The maximum Gasteiger partial charge on any atom is 0.287 e. The molecule has 4 nitrogen and oxygen atoms in total. The number of amides is 1. The first kappa shape index (κ1) is 13.1. The zero-order valence-electron chi connectivity index (χ0n) is 11.2. The second kappa shape index (κ2) is 6.05. The van der Waals surface area contributed by atoms with Crippen molar-refractivity contribution < 1.29 is 9.21 Å². The number of nitrogens with one attached hydrogen (secondary N) is 1. The lowest BCUT2D eigenvalue weighted by Crippen LogP contribution is -2.44. The first-order chi connectivity index (χ1) is 8.70. The van der Waals surface area contributed by atoms with Crippen molar-refractivity contribution in [3.63, 3.8) is 0 Å². The van der Waals surface area contributed by atoms with Crippen molar-refractivity contribution in [1.29, 1.82) is 0 Å². The van der Waals surface area contributed by atoms with Gasteiger partial charge in [0.25, 0.3) is 5.91 Å². The van der Waals surface area contributed by atoms with Crippen LogP contribution in [0.25, 0.3) is 0 Å². The van der Waals surface area contributed by atoms with Gasteiger partial charge in [0.2, 0.25) is 0 Å². The van der Waals surface area contributed by atoms with Crippen molar-refractivity contribution in [3.05, 3.63) is 23.7 Å². The standard InChI is InChI=1S/C14H22N2O2/c1-3-7-16-8-4-12(5-9-16)15-14(17)13-11(2)6-10-18-13/h6,10,12H,3-5,7-9H2,1-2H3,(H,15,17). The molecule has 0 bridgehead atoms. The maximum atomic E-state index is 12.0. The van der Waals surface area contributed by atoms with E-state index in [0.717, 1.165) is 38.0 Å². The zero-order valence-corrected chi connectivity index (χ0v) is 11.2. The van der Waals surface area contributed by atoms with E-state index in [9.17, 15) is 4.79 Å². The normalized spacial score (nSPS) is 17.9. The van der Waals surface area contributed by atoms with Crippen LogP contribution >= 0.6 is 0 Å². The molecule has 0 aliphatic carbocycles. The second-order valence-corrected chi connectivity index (χ2v) is 5.02. The number of hydrogen-bond donors (Lipinski definition) is 1. The highest BCUT2D eigenvalue weighted by atomic mass is 16.3. The topological polar surface area (TPSA) is 45.5 Å². The Labute approximate surface area is 108 Å². The Kier molecular flexibility index (Phi) is 4.42. The van der Waals surface area contributed by atoms with Gasteiger partial charge in [-0.15, -0.1) is 0 Å². The molecule has 4 heteroatoms. The molecule has 0 spiro atoms. The largest absolute Gasteiger partial charge is 0.459 e. The lowest BCUT2D eigenvalue weighted by Gasteiger charge is -2.31. The average Bonchev–Trinajstić information content (AvgIpc) is 2.78. The molecule has 1 aromatic heterocycles. The van der Waals surface area contributed by atoms with Crippen molar-refractivity contribution in [3.8, 4) is 0 Å². The van der Waals surface area contributed by atoms with Crippen LogP contribution < -0.4 is 5.32 Å². The molecule has 0 saturated carbocycles. The Morgan fingerprint density at radius 2 is 2.22 bits per heavy atom. The Hall–Kier alpha value is -1.29. The third kappa shape index (κ3) is 3.13. The number of rotatable bonds is 4. The van der Waals surface area contributed by atoms with E-state index in [1.54, 1.807) is 6.26 Å². The molecule has 1 fully saturated rings. The fourth-order valence-electron chi connectivity index (χ4n) is 2.47. The Morgan fingerprint density at radius 3 is 2.78 bits per heavy atom. The third-order valence-corrected chi connectivity index (χ3v) is 3.53. The molecule has 1 amide bonds. The van der Waals surface area contributed by atoms with Crippen LogP contribution in [0.1, 0.15) is 42.3 Å². The molecular formula is C14H22N2O2. The molecule has 100 valence electrons. The fourth-order valence-corrected chi connectivity index (χ4v) is 2.47. The molecule has 1 aromatic rings. The summed E-state index contributed by atoms with van der Waals surface area (Å²) in [5.74, 6) is 0.373. The van der Waals surface area contributed by atoms with Crippen LogP contribution in [0, 0.1) is 6.92 Å². The Balaban J connectivity index is 1.81. The summed E-state index contributed by atoms with van der Waals surface area (Å²) in [6, 6.07) is 2.11. The first-order valence-electron chi connectivity index (χ1n) is 6.78. The van der Waals surface area contributed by atoms with Gasteiger partial charge in [-0.3, -0.25) is 4.79 Å². The van der Waals surface area contributed by atoms with Crippen LogP contribution in [-0.2, 0) is 0 Å². The molecule has 0 aromatic carbocycles. The lowest BCUT2D eigenvalue weighted by molar-refractivity contribution is 0.0882. The van der Waals surface area contributed by atoms with Crippen molar-refractivity contribution in [1.82, 2.24) is 10.2 Å². The summed E-state index contributed by atoms with van der Waals surface area (Å²) < 4.78 is 5.20. The summed E-state index contributed by atoms with van der Waals surface area (Å²) in [7, 11) is 0. The predicted octanol–water partition coefficient (Wildman–Crippen LogP) is 2.19. The van der Waals surface area contributed by atoms with Crippen LogP contribution in [0.2, 0.25) is 0 Å². The third-order valence-electron chi connectivity index (χ3n) is 3.53. The minimum absolute atomic E-state index is 0.0774. The van der Waals surface area contributed by atoms with Gasteiger partial charge in [-0.25, -0.2) is 0 Å². The van der Waals surface area contributed by atoms with Gasteiger partial charge in [0.05, 0.1) is 6.26 Å². The Bertz CT molecular complexity index is 392. The molecule has 1 aliphatic heterocycles. The number of aryl methyl sites for hydroxylation is 1. The highest BCUT2D eigenvalue weighted by molar-refractivity contribution is 5.92. The van der Waals surface area contributed by atoms with E-state index in [0.29, 0.717) is 5.76 Å². The second-order valence-electron chi connectivity index (χ2n) is 5.02. The van der Waals surface area contributed by atoms with E-state index in [1.807, 2.05) is 13.0 Å². The minimum atomic E-state index is -0.0774. The van der Waals surface area contributed by atoms with Gasteiger partial charge in [0.15, 0.2) is 5.76 Å². The number of carbonyl (C=O) groups is 1. The van der Waals surface area contributed by atoms with E-state index in [1.165, 1.54) is 6.42 Å². The number of likely N-dealkylation sites (tertiary alicyclic amines) is 1. The monoisotopic (exact) mass is 250 g/mol. The molecule has 18 heavy (non-hydrogen) atoms. The van der Waals surface area contributed by atoms with E-state index < -0.39 is 0 Å². The van der Waals surface area contributed by atoms with Crippen LogP contribution in [0.3, 0.4) is 0 Å². The molecular weight excluding hydrogens is 228 g/mol. The smallest absolute Gasteiger partial charge is 0.287 e. The SMILES string of the molecule is CCCN1CCC(NC(=O)c2occc2C)CC1. The molecule has 1 aliphatic rings. The van der Waals surface area contributed by atoms with Gasteiger partial charge >= 0.3 is 0 Å². The molecule has 2 rings (SSSR count). The van der Waals surface area contributed by atoms with Crippen LogP contribution in [0.5, 0.6) is 0 Å². The molecule has 0 radical (unpaired) electrons. The molecule has 1 N–H and O–H groups in total. The summed E-state index contributed by atoms with van der Waals surface area (Å²) in [5.41, 5.74) is 0.899. The van der Waals surface area contributed by atoms with Gasteiger partial charge in [0, 0.05) is 24.7 Å². The fraction of sp³-hybridized carbons (Fsp3) is 0.643. The van der Waals surface area contributed by atoms with Gasteiger partial charge in [-0.1, -0.05) is 6.92 Å². The minimum Gasteiger partial charge on any atom is -0.459 e. The first-order valence-corrected chi connectivity index (χ1v) is 6.78. The summed E-state index contributed by atoms with van der Waals surface area (Å²) in [6.07, 6.45) is 4.83. The molecule has 0 atom stereocenters. The molecule has 0 unspecified atom stereocenters. The van der Waals surface area contributed by atoms with Gasteiger partial charge in [-0.05, 0) is 38.8 Å². The number of hydrogen-bond acceptors (Lipinski definition) is 3. The highest BCUT2D eigenvalue weighted by Gasteiger charge is 2.22. The highest BCUT2D eigenvalue weighted by Crippen LogP contribution is 2.13. The molecule has 1 saturated heterocycles. The van der Waals surface area contributed by atoms with Gasteiger partial charge < -0.3 is 14.6 Å². The van der Waals surface area contributed by atoms with E-state index in [-0.39, 0.29) is 11.9 Å². The number of carbonyl (C=O) groups excluding carboxylic acids is 1. The van der Waals surface area contributed by atoms with Crippen LogP contribution in [0.4, 0.5) is 0 Å². The van der Waals surface area contributed by atoms with Crippen LogP contribution in [0.15, 0.2) is 16.7 Å². The summed E-state index contributed by atoms with van der Waals surface area (Å²) in [6.45, 7) is 7.42. The van der Waals surface area contributed by atoms with Gasteiger partial charge in [-0.2, -0.15) is 0 Å². The van der Waals surface area contributed by atoms with Gasteiger partial charge in [0.1, 0.15) is 0 Å². The summed E-state index contributed by atoms with van der Waals surface area (Å²) in [5, 5.41) is 3.07. The summed E-state index contributed by atoms with van der Waals surface area (Å²) in [4.78, 5) is 14.4. The summed E-state index contributed by atoms with van der Waals surface area (Å²) >= 11 is 0. The molecule has 2 heterocycles. The average molecular weight is 250 g/mol. The zero-order chi connectivity index (χ0) is 13.0. The number of furan rings is 1. The van der Waals surface area contributed by atoms with E-state index in [4.69, 9.17) is 4.42 Å². The predicted molar refractivity (Wildman–Crippen MR) is 70.7 cm³/mol. The number of nitrogens with zero attached hydrogens (tertiary/aromatic N) is 1. The van der Waals surface area contributed by atoms with Crippen molar-refractivity contribution in [2.75, 3.05) is 19.6 Å². The Morgan fingerprint density at radius 1 is 1.50 bits per heavy atom. The quantitative estimate of drug-likeness (QED) is 0.891. The van der Waals surface area contributed by atoms with E-state index in [2.05, 4.69) is 17.1 Å². The van der Waals surface area contributed by atoms with Crippen LogP contribution in [-0.4, -0.2) is 36.5 Å². The maximum absolute atomic E-state index is 12.0. The van der Waals surface area contributed by atoms with E-state index >= 15 is 0 Å². The van der Waals surface area contributed by atoms with Crippen molar-refractivity contribution >= 4 is 5.91 Å². The van der Waals surface area contributed by atoms with Crippen molar-refractivity contribution in [2.24, 2.45) is 0 Å². The number of piperidine rings is 1. The van der Waals surface area contributed by atoms with Crippen molar-refractivity contribution in [2.45, 2.75) is 39.2 Å².